The van der Waals surface area contributed by atoms with Crippen LogP contribution >= 0.6 is 0 Å². The van der Waals surface area contributed by atoms with Gasteiger partial charge in [0.1, 0.15) is 6.54 Å². The molecule has 0 aromatic carbocycles. The van der Waals surface area contributed by atoms with Crippen LogP contribution in [0.1, 0.15) is 12.8 Å². The molecule has 0 spiro atoms. The molecule has 1 aromatic heterocycles. The van der Waals surface area contributed by atoms with Gasteiger partial charge in [0.2, 0.25) is 5.91 Å². The zero-order chi connectivity index (χ0) is 14.5. The van der Waals surface area contributed by atoms with E-state index in [1.165, 1.54) is 0 Å². The second kappa shape index (κ2) is 7.04. The number of hydrogen-bond donors (Lipinski definition) is 0. The molecular formula is C15H24N4O2. The molecule has 6 heteroatoms. The predicted octanol–water partition coefficient (Wildman–Crippen LogP) is 0.454. The fraction of sp³-hybridized carbons (Fsp3) is 0.733. The lowest BCUT2D eigenvalue weighted by molar-refractivity contribution is -0.133. The molecule has 2 aliphatic rings. The number of carbonyl (C=O) groups excluding carboxylic acids is 1. The molecule has 0 saturated carbocycles. The lowest BCUT2D eigenvalue weighted by atomic mass is 9.96. The summed E-state index contributed by atoms with van der Waals surface area (Å²) in [5, 5.41) is 4.09. The van der Waals surface area contributed by atoms with E-state index in [-0.39, 0.29) is 5.91 Å². The van der Waals surface area contributed by atoms with Crippen LogP contribution in [0.15, 0.2) is 18.5 Å². The number of ether oxygens (including phenoxy) is 1. The van der Waals surface area contributed by atoms with Gasteiger partial charge in [-0.05, 0) is 24.8 Å². The largest absolute Gasteiger partial charge is 0.379 e. The van der Waals surface area contributed by atoms with Gasteiger partial charge in [0.25, 0.3) is 0 Å². The van der Waals surface area contributed by atoms with Crippen molar-refractivity contribution in [2.24, 2.45) is 5.92 Å². The van der Waals surface area contributed by atoms with Gasteiger partial charge in [0.15, 0.2) is 0 Å². The van der Waals surface area contributed by atoms with Crippen molar-refractivity contribution < 1.29 is 9.53 Å². The minimum Gasteiger partial charge on any atom is -0.379 e. The van der Waals surface area contributed by atoms with E-state index in [0.29, 0.717) is 6.54 Å². The normalized spacial score (nSPS) is 21.6. The smallest absolute Gasteiger partial charge is 0.244 e. The number of hydrogen-bond acceptors (Lipinski definition) is 4. The van der Waals surface area contributed by atoms with Gasteiger partial charge >= 0.3 is 0 Å². The van der Waals surface area contributed by atoms with E-state index in [1.54, 1.807) is 10.9 Å². The first-order valence-electron chi connectivity index (χ1n) is 7.86. The number of rotatable bonds is 4. The summed E-state index contributed by atoms with van der Waals surface area (Å²) in [6, 6.07) is 1.85. The minimum absolute atomic E-state index is 0.184. The Kier molecular flexibility index (Phi) is 4.87. The summed E-state index contributed by atoms with van der Waals surface area (Å²) in [4.78, 5) is 16.7. The van der Waals surface area contributed by atoms with Gasteiger partial charge in [-0.2, -0.15) is 5.10 Å². The summed E-state index contributed by atoms with van der Waals surface area (Å²) in [7, 11) is 0. The maximum absolute atomic E-state index is 12.2. The number of aromatic nitrogens is 2. The molecule has 3 heterocycles. The van der Waals surface area contributed by atoms with Crippen molar-refractivity contribution in [1.29, 1.82) is 0 Å². The van der Waals surface area contributed by atoms with E-state index in [0.717, 1.165) is 64.7 Å². The Balaban J connectivity index is 1.41. The Morgan fingerprint density at radius 1 is 1.19 bits per heavy atom. The third-order valence-corrected chi connectivity index (χ3v) is 4.44. The molecule has 0 unspecified atom stereocenters. The zero-order valence-electron chi connectivity index (χ0n) is 12.5. The summed E-state index contributed by atoms with van der Waals surface area (Å²) >= 11 is 0. The highest BCUT2D eigenvalue weighted by molar-refractivity contribution is 5.75. The zero-order valence-corrected chi connectivity index (χ0v) is 12.5. The molecule has 2 aliphatic heterocycles. The van der Waals surface area contributed by atoms with Crippen LogP contribution in [0, 0.1) is 5.92 Å². The molecule has 21 heavy (non-hydrogen) atoms. The van der Waals surface area contributed by atoms with E-state index in [4.69, 9.17) is 4.74 Å². The SMILES string of the molecule is O=C(Cn1cccn1)N1CCC(CN2CCOCC2)CC1. The Labute approximate surface area is 125 Å². The number of morpholine rings is 1. The highest BCUT2D eigenvalue weighted by Gasteiger charge is 2.24. The van der Waals surface area contributed by atoms with E-state index < -0.39 is 0 Å². The maximum atomic E-state index is 12.2. The van der Waals surface area contributed by atoms with Crippen LogP contribution < -0.4 is 0 Å². The van der Waals surface area contributed by atoms with Gasteiger partial charge in [0.05, 0.1) is 13.2 Å². The van der Waals surface area contributed by atoms with Crippen LogP contribution in [-0.4, -0.2) is 71.4 Å². The molecule has 116 valence electrons. The monoisotopic (exact) mass is 292 g/mol. The molecular weight excluding hydrogens is 268 g/mol. The molecule has 0 atom stereocenters. The molecule has 0 N–H and O–H groups in total. The molecule has 1 aromatic rings. The second-order valence-corrected chi connectivity index (χ2v) is 5.94. The molecule has 0 aliphatic carbocycles. The van der Waals surface area contributed by atoms with Crippen LogP contribution in [0.2, 0.25) is 0 Å². The van der Waals surface area contributed by atoms with Crippen LogP contribution in [-0.2, 0) is 16.1 Å². The van der Waals surface area contributed by atoms with Gasteiger partial charge in [-0.3, -0.25) is 14.4 Å². The second-order valence-electron chi connectivity index (χ2n) is 5.94. The molecule has 1 amide bonds. The topological polar surface area (TPSA) is 50.6 Å². The number of likely N-dealkylation sites (tertiary alicyclic amines) is 1. The maximum Gasteiger partial charge on any atom is 0.244 e. The number of nitrogens with zero attached hydrogens (tertiary/aromatic N) is 4. The van der Waals surface area contributed by atoms with Gasteiger partial charge in [-0.1, -0.05) is 0 Å². The van der Waals surface area contributed by atoms with Crippen LogP contribution in [0.5, 0.6) is 0 Å². The Bertz CT molecular complexity index is 435. The molecule has 3 rings (SSSR count). The third-order valence-electron chi connectivity index (χ3n) is 4.44. The van der Waals surface area contributed by atoms with Crippen LogP contribution in [0.3, 0.4) is 0 Å². The van der Waals surface area contributed by atoms with Crippen molar-refractivity contribution in [3.05, 3.63) is 18.5 Å². The van der Waals surface area contributed by atoms with Gasteiger partial charge in [0, 0.05) is 45.1 Å². The molecule has 0 bridgehead atoms. The number of piperidine rings is 1. The number of amides is 1. The van der Waals surface area contributed by atoms with Crippen molar-refractivity contribution in [2.45, 2.75) is 19.4 Å². The number of carbonyl (C=O) groups is 1. The average molecular weight is 292 g/mol. The van der Waals surface area contributed by atoms with E-state index in [1.807, 2.05) is 17.2 Å². The first-order valence-corrected chi connectivity index (χ1v) is 7.86. The van der Waals surface area contributed by atoms with Crippen molar-refractivity contribution in [3.8, 4) is 0 Å². The van der Waals surface area contributed by atoms with Crippen molar-refractivity contribution in [3.63, 3.8) is 0 Å². The van der Waals surface area contributed by atoms with Crippen molar-refractivity contribution in [2.75, 3.05) is 45.9 Å². The molecule has 2 fully saturated rings. The van der Waals surface area contributed by atoms with E-state index >= 15 is 0 Å². The first-order chi connectivity index (χ1) is 10.3. The van der Waals surface area contributed by atoms with Crippen molar-refractivity contribution >= 4 is 5.91 Å². The first kappa shape index (κ1) is 14.5. The van der Waals surface area contributed by atoms with E-state index in [9.17, 15) is 4.79 Å². The third kappa shape index (κ3) is 4.04. The summed E-state index contributed by atoms with van der Waals surface area (Å²) in [6.45, 7) is 7.12. The van der Waals surface area contributed by atoms with Crippen molar-refractivity contribution in [1.82, 2.24) is 19.6 Å². The van der Waals surface area contributed by atoms with Gasteiger partial charge < -0.3 is 9.64 Å². The fourth-order valence-electron chi connectivity index (χ4n) is 3.15. The van der Waals surface area contributed by atoms with Gasteiger partial charge in [-0.25, -0.2) is 0 Å². The highest BCUT2D eigenvalue weighted by atomic mass is 16.5. The Hall–Kier alpha value is -1.40. The van der Waals surface area contributed by atoms with E-state index in [2.05, 4.69) is 10.00 Å². The highest BCUT2D eigenvalue weighted by Crippen LogP contribution is 2.19. The molecule has 6 nitrogen and oxygen atoms in total. The Morgan fingerprint density at radius 3 is 2.62 bits per heavy atom. The molecule has 0 radical (unpaired) electrons. The summed E-state index contributed by atoms with van der Waals surface area (Å²) in [6.07, 6.45) is 5.77. The predicted molar refractivity (Wildman–Crippen MR) is 78.8 cm³/mol. The molecule has 2 saturated heterocycles. The lowest BCUT2D eigenvalue weighted by Gasteiger charge is -2.36. The summed E-state index contributed by atoms with van der Waals surface area (Å²) in [5.41, 5.74) is 0. The van der Waals surface area contributed by atoms with Crippen LogP contribution in [0.25, 0.3) is 0 Å². The minimum atomic E-state index is 0.184. The Morgan fingerprint density at radius 2 is 1.95 bits per heavy atom. The van der Waals surface area contributed by atoms with Crippen LogP contribution in [0.4, 0.5) is 0 Å². The standard InChI is InChI=1S/C15H24N4O2/c20-15(13-19-5-1-4-16-19)18-6-2-14(3-7-18)12-17-8-10-21-11-9-17/h1,4-5,14H,2-3,6-13H2. The summed E-state index contributed by atoms with van der Waals surface area (Å²) < 4.78 is 7.08. The summed E-state index contributed by atoms with van der Waals surface area (Å²) in [5.74, 6) is 0.903. The quantitative estimate of drug-likeness (QED) is 0.809. The van der Waals surface area contributed by atoms with Gasteiger partial charge in [-0.15, -0.1) is 0 Å². The lowest BCUT2D eigenvalue weighted by Crippen LogP contribution is -2.45. The average Bonchev–Trinajstić information content (AvgIpc) is 3.02. The fourth-order valence-corrected chi connectivity index (χ4v) is 3.15.